The number of thiazole rings is 1. The molecule has 1 N–H and O–H groups in total. The number of benzene rings is 1. The van der Waals surface area contributed by atoms with Crippen molar-refractivity contribution in [1.82, 2.24) is 10.3 Å². The van der Waals surface area contributed by atoms with Crippen LogP contribution in [0.4, 0.5) is 0 Å². The zero-order chi connectivity index (χ0) is 15.3. The number of hydrogen-bond acceptors (Lipinski definition) is 4. The molecule has 23 heavy (non-hydrogen) atoms. The van der Waals surface area contributed by atoms with Gasteiger partial charge in [0.2, 0.25) is 0 Å². The van der Waals surface area contributed by atoms with Crippen molar-refractivity contribution in [1.29, 1.82) is 0 Å². The van der Waals surface area contributed by atoms with E-state index in [0.717, 1.165) is 23.4 Å². The monoisotopic (exact) mass is 326 g/mol. The van der Waals surface area contributed by atoms with Gasteiger partial charge in [0.1, 0.15) is 5.75 Å². The van der Waals surface area contributed by atoms with E-state index >= 15 is 0 Å². The molecule has 1 saturated carbocycles. The molecule has 2 heterocycles. The Bertz CT molecular complexity index is 710. The molecule has 0 amide bonds. The van der Waals surface area contributed by atoms with Crippen LogP contribution < -0.4 is 10.1 Å². The lowest BCUT2D eigenvalue weighted by molar-refractivity contribution is 0.0796. The topological polar surface area (TPSA) is 34.1 Å². The molecule has 5 rings (SSSR count). The van der Waals surface area contributed by atoms with Crippen LogP contribution in [0.2, 0.25) is 0 Å². The third kappa shape index (κ3) is 2.15. The van der Waals surface area contributed by atoms with E-state index in [0.29, 0.717) is 11.5 Å². The standard InChI is InChI=1S/C19H22N2OS/c1-2-6-19-7-8-20-17(15(19)3-1)11-13-4-5-14(12-16(13)19)22-18-21-9-10-23-18/h4-5,9-10,12,15,17,20H,1-3,6-8,11H2/t15-,17+,19+/m1/s1. The Morgan fingerprint density at radius 2 is 2.26 bits per heavy atom. The first-order valence-corrected chi connectivity index (χ1v) is 9.67. The maximum absolute atomic E-state index is 5.99. The first kappa shape index (κ1) is 14.0. The molecule has 120 valence electrons. The molecule has 1 aromatic carbocycles. The smallest absolute Gasteiger partial charge is 0.278 e. The molecule has 1 aromatic heterocycles. The molecule has 2 aliphatic carbocycles. The number of hydrogen-bond donors (Lipinski definition) is 1. The molecule has 4 heteroatoms. The van der Waals surface area contributed by atoms with E-state index in [1.54, 1.807) is 23.1 Å². The van der Waals surface area contributed by atoms with Crippen molar-refractivity contribution >= 4 is 11.3 Å². The van der Waals surface area contributed by atoms with Crippen LogP contribution in [-0.2, 0) is 11.8 Å². The van der Waals surface area contributed by atoms with Crippen LogP contribution in [0, 0.1) is 5.92 Å². The number of ether oxygens (including phenoxy) is 1. The van der Waals surface area contributed by atoms with E-state index in [4.69, 9.17) is 4.74 Å². The van der Waals surface area contributed by atoms with E-state index < -0.39 is 0 Å². The van der Waals surface area contributed by atoms with Gasteiger partial charge in [-0.05, 0) is 61.4 Å². The number of nitrogens with one attached hydrogen (secondary N) is 1. The lowest BCUT2D eigenvalue weighted by Crippen LogP contribution is -2.59. The van der Waals surface area contributed by atoms with Crippen LogP contribution >= 0.6 is 11.3 Å². The molecular weight excluding hydrogens is 304 g/mol. The van der Waals surface area contributed by atoms with Crippen LogP contribution in [-0.4, -0.2) is 17.6 Å². The van der Waals surface area contributed by atoms with Crippen molar-refractivity contribution < 1.29 is 4.74 Å². The van der Waals surface area contributed by atoms with Crippen molar-refractivity contribution in [2.24, 2.45) is 5.92 Å². The maximum Gasteiger partial charge on any atom is 0.278 e. The van der Waals surface area contributed by atoms with Gasteiger partial charge in [-0.2, -0.15) is 0 Å². The van der Waals surface area contributed by atoms with Crippen LogP contribution in [0.1, 0.15) is 43.2 Å². The number of aromatic nitrogens is 1. The van der Waals surface area contributed by atoms with Gasteiger partial charge in [0.15, 0.2) is 0 Å². The lowest BCUT2D eigenvalue weighted by Gasteiger charge is -2.56. The van der Waals surface area contributed by atoms with Crippen LogP contribution in [0.5, 0.6) is 10.9 Å². The van der Waals surface area contributed by atoms with E-state index in [-0.39, 0.29) is 0 Å². The molecule has 2 bridgehead atoms. The Kier molecular flexibility index (Phi) is 3.24. The van der Waals surface area contributed by atoms with Crippen LogP contribution in [0.3, 0.4) is 0 Å². The third-order valence-electron chi connectivity index (χ3n) is 6.23. The average Bonchev–Trinajstić information content (AvgIpc) is 3.08. The maximum atomic E-state index is 5.99. The van der Waals surface area contributed by atoms with Gasteiger partial charge < -0.3 is 10.1 Å². The largest absolute Gasteiger partial charge is 0.431 e. The lowest BCUT2D eigenvalue weighted by atomic mass is 9.53. The third-order valence-corrected chi connectivity index (χ3v) is 6.88. The summed E-state index contributed by atoms with van der Waals surface area (Å²) in [6.07, 6.45) is 9.76. The molecule has 0 spiro atoms. The number of piperidine rings is 1. The van der Waals surface area contributed by atoms with Crippen molar-refractivity contribution in [3.63, 3.8) is 0 Å². The fraction of sp³-hybridized carbons (Fsp3) is 0.526. The van der Waals surface area contributed by atoms with Crippen LogP contribution in [0.15, 0.2) is 29.8 Å². The molecule has 1 aliphatic heterocycles. The molecular formula is C19H22N2OS. The Labute approximate surface area is 141 Å². The summed E-state index contributed by atoms with van der Waals surface area (Å²) in [5, 5.41) is 6.49. The van der Waals surface area contributed by atoms with Crippen molar-refractivity contribution in [3.05, 3.63) is 40.9 Å². The molecule has 1 saturated heterocycles. The van der Waals surface area contributed by atoms with E-state index in [2.05, 4.69) is 28.5 Å². The van der Waals surface area contributed by atoms with Crippen molar-refractivity contribution in [2.75, 3.05) is 6.54 Å². The number of nitrogens with zero attached hydrogens (tertiary/aromatic N) is 1. The summed E-state index contributed by atoms with van der Waals surface area (Å²) in [6.45, 7) is 1.16. The first-order valence-electron chi connectivity index (χ1n) is 8.79. The van der Waals surface area contributed by atoms with Crippen molar-refractivity contribution in [3.8, 4) is 10.9 Å². The quantitative estimate of drug-likeness (QED) is 0.894. The summed E-state index contributed by atoms with van der Waals surface area (Å²) < 4.78 is 5.99. The van der Waals surface area contributed by atoms with Gasteiger partial charge in [0, 0.05) is 23.0 Å². The highest BCUT2D eigenvalue weighted by Gasteiger charge is 2.51. The number of fused-ring (bicyclic) bond motifs is 1. The summed E-state index contributed by atoms with van der Waals surface area (Å²) in [6, 6.07) is 7.43. The highest BCUT2D eigenvalue weighted by atomic mass is 32.1. The molecule has 2 aromatic rings. The van der Waals surface area contributed by atoms with Gasteiger partial charge >= 0.3 is 0 Å². The number of rotatable bonds is 2. The summed E-state index contributed by atoms with van der Waals surface area (Å²) in [5.41, 5.74) is 3.50. The summed E-state index contributed by atoms with van der Waals surface area (Å²) in [5.74, 6) is 1.77. The fourth-order valence-electron chi connectivity index (χ4n) is 5.33. The Morgan fingerprint density at radius 1 is 1.26 bits per heavy atom. The van der Waals surface area contributed by atoms with Gasteiger partial charge in [-0.3, -0.25) is 0 Å². The minimum Gasteiger partial charge on any atom is -0.431 e. The minimum absolute atomic E-state index is 0.393. The molecule has 3 atom stereocenters. The SMILES string of the molecule is c1csc(Oc2ccc3c(c2)[C@]24CCCC[C@@H]2[C@H](C3)NCC4)n1. The highest BCUT2D eigenvalue weighted by molar-refractivity contribution is 7.11. The predicted octanol–water partition coefficient (Wildman–Crippen LogP) is 4.28. The molecule has 3 aliphatic rings. The fourth-order valence-corrected chi connectivity index (χ4v) is 5.83. The molecule has 0 radical (unpaired) electrons. The normalized spacial score (nSPS) is 32.0. The second-order valence-corrected chi connectivity index (χ2v) is 8.10. The first-order chi connectivity index (χ1) is 11.4. The molecule has 3 nitrogen and oxygen atoms in total. The predicted molar refractivity (Wildman–Crippen MR) is 92.4 cm³/mol. The molecule has 2 fully saturated rings. The van der Waals surface area contributed by atoms with E-state index in [1.165, 1.54) is 44.1 Å². The summed E-state index contributed by atoms with van der Waals surface area (Å²) in [4.78, 5) is 4.25. The Morgan fingerprint density at radius 3 is 3.17 bits per heavy atom. The second kappa shape index (κ2) is 5.32. The van der Waals surface area contributed by atoms with Crippen LogP contribution in [0.25, 0.3) is 0 Å². The van der Waals surface area contributed by atoms with Crippen molar-refractivity contribution in [2.45, 2.75) is 50.0 Å². The molecule has 0 unspecified atom stereocenters. The van der Waals surface area contributed by atoms with Gasteiger partial charge in [-0.1, -0.05) is 30.2 Å². The zero-order valence-electron chi connectivity index (χ0n) is 13.3. The van der Waals surface area contributed by atoms with Gasteiger partial charge in [0.05, 0.1) is 0 Å². The minimum atomic E-state index is 0.393. The average molecular weight is 326 g/mol. The summed E-state index contributed by atoms with van der Waals surface area (Å²) >= 11 is 1.55. The van der Waals surface area contributed by atoms with Gasteiger partial charge in [-0.15, -0.1) is 0 Å². The highest BCUT2D eigenvalue weighted by Crippen LogP contribution is 2.54. The van der Waals surface area contributed by atoms with E-state index in [1.807, 2.05) is 5.38 Å². The Balaban J connectivity index is 1.58. The van der Waals surface area contributed by atoms with Gasteiger partial charge in [-0.25, -0.2) is 4.98 Å². The second-order valence-electron chi connectivity index (χ2n) is 7.24. The zero-order valence-corrected chi connectivity index (χ0v) is 14.1. The summed E-state index contributed by atoms with van der Waals surface area (Å²) in [7, 11) is 0. The van der Waals surface area contributed by atoms with Gasteiger partial charge in [0.25, 0.3) is 5.19 Å². The Hall–Kier alpha value is -1.39. The van der Waals surface area contributed by atoms with E-state index in [9.17, 15) is 0 Å².